The maximum absolute atomic E-state index is 12.5. The van der Waals surface area contributed by atoms with Crippen molar-refractivity contribution >= 4 is 52.2 Å². The van der Waals surface area contributed by atoms with E-state index in [1.807, 2.05) is 0 Å². The lowest BCUT2D eigenvalue weighted by molar-refractivity contribution is -0.319. The molecule has 1 atom stereocenters. The van der Waals surface area contributed by atoms with Crippen LogP contribution in [0.3, 0.4) is 0 Å². The Morgan fingerprint density at radius 2 is 2.12 bits per heavy atom. The molecule has 0 saturated carbocycles. The fourth-order valence-corrected chi connectivity index (χ4v) is 3.59. The van der Waals surface area contributed by atoms with E-state index in [1.165, 1.54) is 24.3 Å². The van der Waals surface area contributed by atoms with Gasteiger partial charge in [0, 0.05) is 12.4 Å². The number of ether oxygens (including phenoxy) is 1. The lowest BCUT2D eigenvalue weighted by atomic mass is 10.1. The van der Waals surface area contributed by atoms with Crippen molar-refractivity contribution in [2.75, 3.05) is 6.61 Å². The van der Waals surface area contributed by atoms with E-state index in [4.69, 9.17) is 17.0 Å². The molecule has 26 heavy (non-hydrogen) atoms. The number of benzene rings is 1. The first kappa shape index (κ1) is 19.7. The zero-order valence-electron chi connectivity index (χ0n) is 13.5. The fourth-order valence-electron chi connectivity index (χ4n) is 2.23. The van der Waals surface area contributed by atoms with Crippen LogP contribution in [-0.2, 0) is 14.4 Å². The molecule has 0 aliphatic carbocycles. The summed E-state index contributed by atoms with van der Waals surface area (Å²) in [6.07, 6.45) is 0.502. The van der Waals surface area contributed by atoms with Crippen LogP contribution in [0, 0.1) is 0 Å². The van der Waals surface area contributed by atoms with Gasteiger partial charge in [-0.05, 0) is 30.7 Å². The summed E-state index contributed by atoms with van der Waals surface area (Å²) in [5.41, 5.74) is 0.511. The highest BCUT2D eigenvalue weighted by molar-refractivity contribution is 8.26. The van der Waals surface area contributed by atoms with Gasteiger partial charge in [-0.1, -0.05) is 30.0 Å². The molecule has 0 unspecified atom stereocenters. The van der Waals surface area contributed by atoms with Crippen molar-refractivity contribution in [2.45, 2.75) is 19.4 Å². The fraction of sp³-hybridized carbons (Fsp3) is 0.250. The largest absolute Gasteiger partial charge is 0.550 e. The number of phenolic OH excluding ortho intramolecular Hbond substituents is 1. The minimum Gasteiger partial charge on any atom is -0.550 e. The number of nitrogens with zero attached hydrogens (tertiary/aromatic N) is 1. The Labute approximate surface area is 158 Å². The molecule has 0 bridgehead atoms. The zero-order valence-corrected chi connectivity index (χ0v) is 15.1. The third kappa shape index (κ3) is 4.33. The number of carboxylic acid groups (broad SMARTS) is 2. The van der Waals surface area contributed by atoms with Gasteiger partial charge in [0.05, 0.1) is 23.5 Å². The Hall–Kier alpha value is -2.59. The summed E-state index contributed by atoms with van der Waals surface area (Å²) < 4.78 is 5.16. The molecule has 1 aliphatic rings. The number of thioether (sulfide) groups is 1. The SMILES string of the molecule is CCOc1cc(/C=C2/SC(=S)N([C@@H](CC(=O)[O-])C(=O)[O-])C2=O)ccc1O. The molecule has 0 aromatic heterocycles. The number of amides is 1. The molecule has 2 rings (SSSR count). The van der Waals surface area contributed by atoms with Crippen molar-refractivity contribution < 1.29 is 34.4 Å². The molecular weight excluding hydrogens is 382 g/mol. The summed E-state index contributed by atoms with van der Waals surface area (Å²) in [5.74, 6) is -3.97. The first-order valence-corrected chi connectivity index (χ1v) is 8.60. The molecule has 1 aromatic rings. The first-order chi connectivity index (χ1) is 12.2. The van der Waals surface area contributed by atoms with Gasteiger partial charge in [0.1, 0.15) is 4.32 Å². The normalized spacial score (nSPS) is 16.8. The molecule has 1 N–H and O–H groups in total. The number of hydrogen-bond donors (Lipinski definition) is 1. The van der Waals surface area contributed by atoms with E-state index in [1.54, 1.807) is 6.92 Å². The van der Waals surface area contributed by atoms with Gasteiger partial charge in [-0.2, -0.15) is 0 Å². The average Bonchev–Trinajstić information content (AvgIpc) is 2.82. The summed E-state index contributed by atoms with van der Waals surface area (Å²) in [6, 6.07) is 2.67. The van der Waals surface area contributed by atoms with Crippen LogP contribution in [-0.4, -0.2) is 44.8 Å². The maximum Gasteiger partial charge on any atom is 0.266 e. The van der Waals surface area contributed by atoms with Crippen LogP contribution in [0.1, 0.15) is 18.9 Å². The van der Waals surface area contributed by atoms with Crippen LogP contribution in [0.25, 0.3) is 6.08 Å². The van der Waals surface area contributed by atoms with E-state index < -0.39 is 30.3 Å². The average molecular weight is 395 g/mol. The second-order valence-electron chi connectivity index (χ2n) is 5.12. The second-order valence-corrected chi connectivity index (χ2v) is 6.80. The van der Waals surface area contributed by atoms with Gasteiger partial charge in [0.2, 0.25) is 0 Å². The van der Waals surface area contributed by atoms with E-state index in [0.29, 0.717) is 17.1 Å². The molecule has 1 aromatic carbocycles. The topological polar surface area (TPSA) is 130 Å². The van der Waals surface area contributed by atoms with Gasteiger partial charge in [0.25, 0.3) is 5.91 Å². The van der Waals surface area contributed by atoms with Crippen LogP contribution in [0.5, 0.6) is 11.5 Å². The van der Waals surface area contributed by atoms with Gasteiger partial charge >= 0.3 is 0 Å². The van der Waals surface area contributed by atoms with Crippen LogP contribution < -0.4 is 14.9 Å². The van der Waals surface area contributed by atoms with E-state index in [-0.39, 0.29) is 20.7 Å². The number of hydrogen-bond acceptors (Lipinski definition) is 9. The smallest absolute Gasteiger partial charge is 0.266 e. The number of thiocarbonyl (C=S) groups is 1. The summed E-state index contributed by atoms with van der Waals surface area (Å²) in [6.45, 7) is 2.07. The lowest BCUT2D eigenvalue weighted by Crippen LogP contribution is -2.52. The minimum atomic E-state index is -1.75. The minimum absolute atomic E-state index is 0.0671. The van der Waals surface area contributed by atoms with Gasteiger partial charge in [-0.25, -0.2) is 0 Å². The molecule has 0 radical (unpaired) electrons. The summed E-state index contributed by atoms with van der Waals surface area (Å²) >= 11 is 5.84. The zero-order chi connectivity index (χ0) is 19.4. The number of phenols is 1. The molecule has 10 heteroatoms. The number of rotatable bonds is 7. The van der Waals surface area contributed by atoms with Crippen molar-refractivity contribution in [2.24, 2.45) is 0 Å². The summed E-state index contributed by atoms with van der Waals surface area (Å²) in [5, 5.41) is 31.6. The van der Waals surface area contributed by atoms with E-state index >= 15 is 0 Å². The van der Waals surface area contributed by atoms with Gasteiger partial charge in [-0.3, -0.25) is 9.69 Å². The second kappa shape index (κ2) is 8.19. The Bertz CT molecular complexity index is 806. The monoisotopic (exact) mass is 395 g/mol. The number of carbonyl (C=O) groups is 3. The molecule has 0 spiro atoms. The highest BCUT2D eigenvalue weighted by Crippen LogP contribution is 2.35. The molecular formula is C16H13NO7S2-2. The van der Waals surface area contributed by atoms with Crippen LogP contribution in [0.2, 0.25) is 0 Å². The quantitative estimate of drug-likeness (QED) is 0.468. The van der Waals surface area contributed by atoms with Gasteiger partial charge in [-0.15, -0.1) is 0 Å². The molecule has 138 valence electrons. The number of carboxylic acids is 2. The highest BCUT2D eigenvalue weighted by Gasteiger charge is 2.37. The van der Waals surface area contributed by atoms with Crippen LogP contribution in [0.4, 0.5) is 0 Å². The Morgan fingerprint density at radius 1 is 1.42 bits per heavy atom. The van der Waals surface area contributed by atoms with Gasteiger partial charge < -0.3 is 29.6 Å². The third-order valence-electron chi connectivity index (χ3n) is 3.35. The highest BCUT2D eigenvalue weighted by atomic mass is 32.2. The van der Waals surface area contributed by atoms with Crippen LogP contribution >= 0.6 is 24.0 Å². The predicted octanol–water partition coefficient (Wildman–Crippen LogP) is -0.749. The molecule has 1 saturated heterocycles. The van der Waals surface area contributed by atoms with Crippen LogP contribution in [0.15, 0.2) is 23.1 Å². The number of carbonyl (C=O) groups excluding carboxylic acids is 3. The van der Waals surface area contributed by atoms with Gasteiger partial charge in [0.15, 0.2) is 11.5 Å². The summed E-state index contributed by atoms with van der Waals surface area (Å²) in [4.78, 5) is 35.2. The molecule has 1 fully saturated rings. The third-order valence-corrected chi connectivity index (χ3v) is 4.68. The van der Waals surface area contributed by atoms with Crippen molar-refractivity contribution in [3.8, 4) is 11.5 Å². The standard InChI is InChI=1S/C16H15NO7S2/c1-2-24-11-5-8(3-4-10(11)18)6-12-14(21)17(16(25)26-12)9(15(22)23)7-13(19)20/h3-6,9,18H,2,7H2,1H3,(H,19,20)(H,22,23)/p-2/b12-6+/t9-/m0/s1. The number of aliphatic carboxylic acids is 2. The first-order valence-electron chi connectivity index (χ1n) is 7.38. The van der Waals surface area contributed by atoms with E-state index in [2.05, 4.69) is 0 Å². The van der Waals surface area contributed by atoms with E-state index in [9.17, 15) is 29.7 Å². The summed E-state index contributed by atoms with van der Waals surface area (Å²) in [7, 11) is 0. The van der Waals surface area contributed by atoms with Crippen molar-refractivity contribution in [1.82, 2.24) is 4.90 Å². The number of aromatic hydroxyl groups is 1. The predicted molar refractivity (Wildman–Crippen MR) is 92.7 cm³/mol. The molecule has 1 aliphatic heterocycles. The Kier molecular flexibility index (Phi) is 6.22. The molecule has 8 nitrogen and oxygen atoms in total. The van der Waals surface area contributed by atoms with E-state index in [0.717, 1.165) is 11.8 Å². The lowest BCUT2D eigenvalue weighted by Gasteiger charge is -2.27. The Balaban J connectivity index is 2.33. The van der Waals surface area contributed by atoms with Crippen molar-refractivity contribution in [3.05, 3.63) is 28.7 Å². The van der Waals surface area contributed by atoms with Crippen molar-refractivity contribution in [1.29, 1.82) is 0 Å². The molecule has 1 heterocycles. The van der Waals surface area contributed by atoms with Crippen molar-refractivity contribution in [3.63, 3.8) is 0 Å². The Morgan fingerprint density at radius 3 is 2.69 bits per heavy atom. The molecule has 1 amide bonds. The maximum atomic E-state index is 12.5.